The zero-order valence-corrected chi connectivity index (χ0v) is 13.8. The minimum Gasteiger partial charge on any atom is -0.550 e. The van der Waals surface area contributed by atoms with Crippen molar-refractivity contribution in [1.29, 1.82) is 0 Å². The molecule has 0 bridgehead atoms. The third kappa shape index (κ3) is 4.67. The number of thioether (sulfide) groups is 1. The monoisotopic (exact) mass is 348 g/mol. The molecule has 0 spiro atoms. The first-order chi connectivity index (χ1) is 11.0. The van der Waals surface area contributed by atoms with Crippen molar-refractivity contribution in [2.45, 2.75) is 6.42 Å². The molecule has 0 N–H and O–H groups in total. The summed E-state index contributed by atoms with van der Waals surface area (Å²) < 4.78 is 5.74. The van der Waals surface area contributed by atoms with Gasteiger partial charge in [0.25, 0.3) is 5.91 Å². The molecule has 1 heterocycles. The molecule has 1 amide bonds. The molecular formula is C16H14NO4S2-. The second-order valence-electron chi connectivity index (χ2n) is 4.62. The van der Waals surface area contributed by atoms with Crippen molar-refractivity contribution >= 4 is 46.3 Å². The van der Waals surface area contributed by atoms with Crippen LogP contribution in [-0.4, -0.2) is 34.2 Å². The fourth-order valence-corrected chi connectivity index (χ4v) is 3.17. The van der Waals surface area contributed by atoms with Gasteiger partial charge in [-0.3, -0.25) is 9.69 Å². The van der Waals surface area contributed by atoms with Crippen molar-refractivity contribution < 1.29 is 19.4 Å². The van der Waals surface area contributed by atoms with Gasteiger partial charge in [-0.1, -0.05) is 48.8 Å². The molecule has 0 aromatic heterocycles. The maximum atomic E-state index is 12.2. The maximum Gasteiger partial charge on any atom is 0.266 e. The first kappa shape index (κ1) is 17.2. The van der Waals surface area contributed by atoms with E-state index in [2.05, 4.69) is 6.58 Å². The number of carbonyl (C=O) groups excluding carboxylic acids is 2. The van der Waals surface area contributed by atoms with E-state index in [1.54, 1.807) is 24.3 Å². The first-order valence-electron chi connectivity index (χ1n) is 6.80. The van der Waals surface area contributed by atoms with Crippen molar-refractivity contribution in [2.24, 2.45) is 0 Å². The minimum atomic E-state index is -1.21. The summed E-state index contributed by atoms with van der Waals surface area (Å²) in [6, 6.07) is 7.25. The van der Waals surface area contributed by atoms with Crippen molar-refractivity contribution in [3.8, 4) is 5.75 Å². The summed E-state index contributed by atoms with van der Waals surface area (Å²) in [6.07, 6.45) is 3.14. The van der Waals surface area contributed by atoms with E-state index in [4.69, 9.17) is 17.0 Å². The lowest BCUT2D eigenvalue weighted by atomic mass is 10.2. The van der Waals surface area contributed by atoms with Gasteiger partial charge in [-0.15, -0.1) is 0 Å². The highest BCUT2D eigenvalue weighted by Gasteiger charge is 2.31. The molecule has 5 nitrogen and oxygen atoms in total. The molecule has 0 atom stereocenters. The van der Waals surface area contributed by atoms with Crippen LogP contribution in [0.5, 0.6) is 5.75 Å². The van der Waals surface area contributed by atoms with Gasteiger partial charge in [0, 0.05) is 18.9 Å². The highest BCUT2D eigenvalue weighted by molar-refractivity contribution is 8.26. The number of thiocarbonyl (C=S) groups is 1. The van der Waals surface area contributed by atoms with Crippen LogP contribution < -0.4 is 9.84 Å². The van der Waals surface area contributed by atoms with Crippen LogP contribution in [0.25, 0.3) is 6.08 Å². The Morgan fingerprint density at radius 3 is 2.70 bits per heavy atom. The number of aliphatic carboxylic acids is 1. The Morgan fingerprint density at radius 2 is 2.09 bits per heavy atom. The minimum absolute atomic E-state index is 0.0265. The molecule has 0 saturated carbocycles. The molecule has 1 aromatic rings. The highest BCUT2D eigenvalue weighted by atomic mass is 32.2. The maximum absolute atomic E-state index is 12.2. The summed E-state index contributed by atoms with van der Waals surface area (Å²) in [4.78, 5) is 24.5. The lowest BCUT2D eigenvalue weighted by molar-refractivity contribution is -0.305. The Hall–Kier alpha value is -2.12. The number of carboxylic acid groups (broad SMARTS) is 1. The number of rotatable bonds is 7. The van der Waals surface area contributed by atoms with E-state index >= 15 is 0 Å². The predicted octanol–water partition coefficient (Wildman–Crippen LogP) is 1.59. The van der Waals surface area contributed by atoms with Gasteiger partial charge in [-0.05, 0) is 23.8 Å². The van der Waals surface area contributed by atoms with E-state index in [0.717, 1.165) is 17.3 Å². The number of carboxylic acids is 1. The molecule has 0 radical (unpaired) electrons. The lowest BCUT2D eigenvalue weighted by Crippen LogP contribution is -2.33. The number of amides is 1. The molecule has 1 aromatic carbocycles. The molecule has 0 unspecified atom stereocenters. The largest absolute Gasteiger partial charge is 0.550 e. The molecule has 2 rings (SSSR count). The van der Waals surface area contributed by atoms with Crippen molar-refractivity contribution in [3.63, 3.8) is 0 Å². The zero-order chi connectivity index (χ0) is 16.8. The molecule has 23 heavy (non-hydrogen) atoms. The first-order valence-corrected chi connectivity index (χ1v) is 8.02. The number of benzene rings is 1. The molecule has 1 saturated heterocycles. The van der Waals surface area contributed by atoms with Gasteiger partial charge in [-0.25, -0.2) is 0 Å². The van der Waals surface area contributed by atoms with Gasteiger partial charge in [0.05, 0.1) is 4.91 Å². The van der Waals surface area contributed by atoms with Crippen LogP contribution in [0.1, 0.15) is 12.0 Å². The van der Waals surface area contributed by atoms with Crippen LogP contribution in [0.4, 0.5) is 0 Å². The molecule has 1 aliphatic rings. The lowest BCUT2D eigenvalue weighted by Gasteiger charge is -2.14. The van der Waals surface area contributed by atoms with Gasteiger partial charge < -0.3 is 14.6 Å². The third-order valence-electron chi connectivity index (χ3n) is 2.96. The standard InChI is InChI=1S/C16H15NO4S2/c1-2-9-21-12-5-3-11(4-6-12)10-13-15(20)17(16(22)23-13)8-7-14(18)19/h2-6,10H,1,7-9H2,(H,18,19)/p-1/b13-10-. The van der Waals surface area contributed by atoms with Gasteiger partial charge in [0.15, 0.2) is 0 Å². The average Bonchev–Trinajstić information content (AvgIpc) is 2.78. The van der Waals surface area contributed by atoms with Crippen LogP contribution in [0.15, 0.2) is 41.8 Å². The van der Waals surface area contributed by atoms with E-state index < -0.39 is 5.97 Å². The third-order valence-corrected chi connectivity index (χ3v) is 4.34. The average molecular weight is 348 g/mol. The number of nitrogens with zero attached hydrogens (tertiary/aromatic N) is 1. The van der Waals surface area contributed by atoms with Crippen LogP contribution >= 0.6 is 24.0 Å². The van der Waals surface area contributed by atoms with Crippen molar-refractivity contribution in [3.05, 3.63) is 47.4 Å². The SMILES string of the molecule is C=CCOc1ccc(/C=C2\SC(=S)N(CCC(=O)[O-])C2=O)cc1. The molecule has 7 heteroatoms. The summed E-state index contributed by atoms with van der Waals surface area (Å²) in [5.74, 6) is -0.782. The summed E-state index contributed by atoms with van der Waals surface area (Å²) in [6.45, 7) is 4.03. The fourth-order valence-electron chi connectivity index (χ4n) is 1.86. The second-order valence-corrected chi connectivity index (χ2v) is 6.30. The molecule has 1 fully saturated rings. The van der Waals surface area contributed by atoms with E-state index in [-0.39, 0.29) is 18.9 Å². The van der Waals surface area contributed by atoms with Crippen molar-refractivity contribution in [1.82, 2.24) is 4.90 Å². The van der Waals surface area contributed by atoms with E-state index in [1.807, 2.05) is 12.1 Å². The smallest absolute Gasteiger partial charge is 0.266 e. The van der Waals surface area contributed by atoms with Crippen LogP contribution in [-0.2, 0) is 9.59 Å². The molecular weight excluding hydrogens is 334 g/mol. The quantitative estimate of drug-likeness (QED) is 0.423. The number of carbonyl (C=O) groups is 2. The van der Waals surface area contributed by atoms with Gasteiger partial charge in [0.2, 0.25) is 0 Å². The Morgan fingerprint density at radius 1 is 1.39 bits per heavy atom. The summed E-state index contributed by atoms with van der Waals surface area (Å²) in [5.41, 5.74) is 0.830. The number of hydrogen-bond acceptors (Lipinski definition) is 6. The molecule has 1 aliphatic heterocycles. The van der Waals surface area contributed by atoms with E-state index in [9.17, 15) is 14.7 Å². The second kappa shape index (κ2) is 7.94. The van der Waals surface area contributed by atoms with Crippen LogP contribution in [0.2, 0.25) is 0 Å². The van der Waals surface area contributed by atoms with Crippen LogP contribution in [0, 0.1) is 0 Å². The van der Waals surface area contributed by atoms with Crippen molar-refractivity contribution in [2.75, 3.05) is 13.2 Å². The topological polar surface area (TPSA) is 69.7 Å². The summed E-state index contributed by atoms with van der Waals surface area (Å²) in [7, 11) is 0. The Balaban J connectivity index is 2.07. The van der Waals surface area contributed by atoms with Gasteiger partial charge in [0.1, 0.15) is 16.7 Å². The van der Waals surface area contributed by atoms with Crippen LogP contribution in [0.3, 0.4) is 0 Å². The Bertz CT molecular complexity index is 667. The Kier molecular flexibility index (Phi) is 5.95. The zero-order valence-electron chi connectivity index (χ0n) is 12.2. The fraction of sp³-hybridized carbons (Fsp3) is 0.188. The molecule has 120 valence electrons. The Labute approximate surface area is 143 Å². The normalized spacial score (nSPS) is 16.0. The number of ether oxygens (including phenoxy) is 1. The highest BCUT2D eigenvalue weighted by Crippen LogP contribution is 2.32. The van der Waals surface area contributed by atoms with E-state index in [1.165, 1.54) is 4.90 Å². The predicted molar refractivity (Wildman–Crippen MR) is 91.6 cm³/mol. The molecule has 0 aliphatic carbocycles. The van der Waals surface area contributed by atoms with Gasteiger partial charge >= 0.3 is 0 Å². The summed E-state index contributed by atoms with van der Waals surface area (Å²) >= 11 is 6.27. The van der Waals surface area contributed by atoms with E-state index in [0.29, 0.717) is 21.6 Å². The van der Waals surface area contributed by atoms with Gasteiger partial charge in [-0.2, -0.15) is 0 Å². The summed E-state index contributed by atoms with van der Waals surface area (Å²) in [5, 5.41) is 10.5. The number of hydrogen-bond donors (Lipinski definition) is 0.